The van der Waals surface area contributed by atoms with Gasteiger partial charge in [0.15, 0.2) is 25.0 Å². The quantitative estimate of drug-likeness (QED) is 0.118. The fraction of sp³-hybridized carbons (Fsp3) is 0.950. The second-order valence-corrected chi connectivity index (χ2v) is 9.10. The molecule has 3 aliphatic heterocycles. The van der Waals surface area contributed by atoms with Crippen molar-refractivity contribution < 1.29 is 89.4 Å². The van der Waals surface area contributed by atoms with Gasteiger partial charge in [0.05, 0.1) is 26.4 Å². The van der Waals surface area contributed by atoms with Gasteiger partial charge in [0.2, 0.25) is 0 Å². The first-order valence-electron chi connectivity index (χ1n) is 11.6. The zero-order valence-electron chi connectivity index (χ0n) is 19.8. The highest BCUT2D eigenvalue weighted by molar-refractivity contribution is 5.72. The van der Waals surface area contributed by atoms with E-state index in [9.17, 15) is 55.9 Å². The summed E-state index contributed by atoms with van der Waals surface area (Å²) in [6.45, 7) is -2.23. The predicted molar refractivity (Wildman–Crippen MR) is 113 cm³/mol. The Morgan fingerprint density at radius 2 is 1.16 bits per heavy atom. The molecule has 0 saturated carbocycles. The molecule has 18 heteroatoms. The summed E-state index contributed by atoms with van der Waals surface area (Å²) < 4.78 is 31.6. The molecule has 0 aromatic rings. The molecular weight excluding hydrogens is 528 g/mol. The van der Waals surface area contributed by atoms with Crippen LogP contribution in [0.4, 0.5) is 0 Å². The van der Waals surface area contributed by atoms with Gasteiger partial charge < -0.3 is 84.6 Å². The van der Waals surface area contributed by atoms with Crippen molar-refractivity contribution in [3.63, 3.8) is 0 Å². The molecule has 3 aliphatic rings. The molecule has 3 fully saturated rings. The largest absolute Gasteiger partial charge is 0.479 e. The van der Waals surface area contributed by atoms with Crippen molar-refractivity contribution in [2.24, 2.45) is 0 Å². The van der Waals surface area contributed by atoms with Gasteiger partial charge in [-0.3, -0.25) is 0 Å². The minimum Gasteiger partial charge on any atom is -0.479 e. The number of hydrogen-bond acceptors (Lipinski definition) is 17. The third-order valence-corrected chi connectivity index (χ3v) is 6.39. The van der Waals surface area contributed by atoms with Gasteiger partial charge in [-0.2, -0.15) is 0 Å². The summed E-state index contributed by atoms with van der Waals surface area (Å²) in [7, 11) is 0. The topological polar surface area (TPSA) is 295 Å². The second-order valence-electron chi connectivity index (χ2n) is 9.10. The normalized spacial score (nSPS) is 44.8. The molecule has 0 radical (unpaired) electrons. The Labute approximate surface area is 214 Å². The van der Waals surface area contributed by atoms with Crippen LogP contribution in [0.1, 0.15) is 0 Å². The van der Waals surface area contributed by atoms with Crippen LogP contribution < -0.4 is 0 Å². The highest BCUT2D eigenvalue weighted by atomic mass is 16.7. The van der Waals surface area contributed by atoms with Crippen molar-refractivity contribution in [1.82, 2.24) is 0 Å². The number of carbonyl (C=O) groups is 1. The number of aliphatic carboxylic acids is 1. The van der Waals surface area contributed by atoms with Crippen LogP contribution in [0.3, 0.4) is 0 Å². The van der Waals surface area contributed by atoms with E-state index in [4.69, 9.17) is 33.5 Å². The van der Waals surface area contributed by atoms with Crippen LogP contribution in [0.25, 0.3) is 0 Å². The Morgan fingerprint density at radius 1 is 0.711 bits per heavy atom. The van der Waals surface area contributed by atoms with Crippen LogP contribution in [0.15, 0.2) is 0 Å². The number of ether oxygens (including phenoxy) is 6. The molecule has 0 amide bonds. The summed E-state index contributed by atoms with van der Waals surface area (Å²) in [5, 5.41) is 108. The summed E-state index contributed by atoms with van der Waals surface area (Å²) in [6.07, 6.45) is -25.0. The minimum atomic E-state index is -2.32. The summed E-state index contributed by atoms with van der Waals surface area (Å²) in [4.78, 5) is 10.8. The van der Waals surface area contributed by atoms with Crippen molar-refractivity contribution in [1.29, 1.82) is 0 Å². The second kappa shape index (κ2) is 13.5. The van der Waals surface area contributed by atoms with E-state index >= 15 is 0 Å². The zero-order chi connectivity index (χ0) is 28.3. The number of aliphatic hydroxyl groups is 10. The zero-order valence-corrected chi connectivity index (χ0v) is 19.8. The molecule has 0 aliphatic carbocycles. The lowest BCUT2D eigenvalue weighted by Gasteiger charge is -2.44. The molecule has 0 aromatic carbocycles. The molecule has 38 heavy (non-hydrogen) atoms. The van der Waals surface area contributed by atoms with Crippen LogP contribution in [0.5, 0.6) is 0 Å². The van der Waals surface area contributed by atoms with Crippen LogP contribution in [-0.2, 0) is 33.2 Å². The van der Waals surface area contributed by atoms with Crippen LogP contribution in [-0.4, -0.2) is 181 Å². The van der Waals surface area contributed by atoms with Crippen molar-refractivity contribution in [2.75, 3.05) is 26.4 Å². The number of rotatable bonds is 10. The third kappa shape index (κ3) is 6.93. The van der Waals surface area contributed by atoms with Gasteiger partial charge in [-0.25, -0.2) is 4.79 Å². The lowest BCUT2D eigenvalue weighted by atomic mass is 10.0. The average molecular weight is 562 g/mol. The fourth-order valence-corrected chi connectivity index (χ4v) is 4.01. The van der Waals surface area contributed by atoms with Gasteiger partial charge in [0.1, 0.15) is 67.1 Å². The molecule has 0 unspecified atom stereocenters. The highest BCUT2D eigenvalue weighted by Gasteiger charge is 2.48. The molecule has 3 saturated heterocycles. The summed E-state index contributed by atoms with van der Waals surface area (Å²) >= 11 is 0. The van der Waals surface area contributed by atoms with Crippen molar-refractivity contribution in [3.05, 3.63) is 0 Å². The van der Waals surface area contributed by atoms with Gasteiger partial charge in [-0.1, -0.05) is 0 Å². The summed E-state index contributed by atoms with van der Waals surface area (Å²) in [5.41, 5.74) is 0. The maximum absolute atomic E-state index is 10.8. The van der Waals surface area contributed by atoms with Gasteiger partial charge in [0, 0.05) is 0 Å². The summed E-state index contributed by atoms with van der Waals surface area (Å²) in [6, 6.07) is 0. The lowest BCUT2D eigenvalue weighted by Crippen LogP contribution is -2.62. The smallest absolute Gasteiger partial charge is 0.335 e. The number of hydrogen-bond donors (Lipinski definition) is 11. The van der Waals surface area contributed by atoms with E-state index < -0.39 is 118 Å². The van der Waals surface area contributed by atoms with E-state index in [2.05, 4.69) is 0 Å². The number of aliphatic hydroxyl groups excluding tert-OH is 10. The van der Waals surface area contributed by atoms with Gasteiger partial charge in [0.25, 0.3) is 0 Å². The molecule has 11 N–H and O–H groups in total. The van der Waals surface area contributed by atoms with E-state index in [-0.39, 0.29) is 6.61 Å². The maximum Gasteiger partial charge on any atom is 0.335 e. The average Bonchev–Trinajstić information content (AvgIpc) is 2.89. The first kappa shape index (κ1) is 31.4. The predicted octanol–water partition coefficient (Wildman–Crippen LogP) is -7.46. The Morgan fingerprint density at radius 3 is 1.66 bits per heavy atom. The Balaban J connectivity index is 1.52. The third-order valence-electron chi connectivity index (χ3n) is 6.39. The van der Waals surface area contributed by atoms with E-state index in [1.807, 2.05) is 0 Å². The van der Waals surface area contributed by atoms with E-state index in [0.29, 0.717) is 0 Å². The standard InChI is InChI=1S/C20H34O18/c21-1-6(10(24)13(27)17(31)32)36-19-15(29)11(25)8(3-34-19)38-20-16(30)12(26)7(4-35-20)37-18-14(28)9(23)5(22)2-33-18/h5-16,18-30H,1-4H2,(H,31,32)/t5-,6-,7-,8-,9+,10+,11+,12+,13-,14-,15-,16-,18+,19+,20+/m1/s1. The number of carboxylic acids is 1. The van der Waals surface area contributed by atoms with Gasteiger partial charge in [-0.05, 0) is 0 Å². The highest BCUT2D eigenvalue weighted by Crippen LogP contribution is 2.27. The molecule has 3 heterocycles. The molecular formula is C20H34O18. The molecule has 3 rings (SSSR count). The van der Waals surface area contributed by atoms with Crippen molar-refractivity contribution >= 4 is 5.97 Å². The molecule has 0 spiro atoms. The Bertz CT molecular complexity index is 757. The first-order chi connectivity index (χ1) is 17.9. The van der Waals surface area contributed by atoms with Crippen molar-refractivity contribution in [2.45, 2.75) is 92.1 Å². The van der Waals surface area contributed by atoms with Crippen LogP contribution in [0.2, 0.25) is 0 Å². The van der Waals surface area contributed by atoms with E-state index in [1.54, 1.807) is 0 Å². The monoisotopic (exact) mass is 562 g/mol. The summed E-state index contributed by atoms with van der Waals surface area (Å²) in [5.74, 6) is -1.79. The molecule has 222 valence electrons. The minimum absolute atomic E-state index is 0.356. The Kier molecular flexibility index (Phi) is 11.1. The molecule has 15 atom stereocenters. The van der Waals surface area contributed by atoms with E-state index in [1.165, 1.54) is 0 Å². The van der Waals surface area contributed by atoms with Gasteiger partial charge in [-0.15, -0.1) is 0 Å². The fourth-order valence-electron chi connectivity index (χ4n) is 4.01. The van der Waals surface area contributed by atoms with Gasteiger partial charge >= 0.3 is 5.97 Å². The first-order valence-corrected chi connectivity index (χ1v) is 11.6. The lowest BCUT2D eigenvalue weighted by molar-refractivity contribution is -0.352. The van der Waals surface area contributed by atoms with Crippen LogP contribution in [0, 0.1) is 0 Å². The number of carboxylic acid groups (broad SMARTS) is 1. The Hall–Kier alpha value is -1.17. The molecule has 0 bridgehead atoms. The SMILES string of the molecule is O=C(O)[C@H](O)[C@@H](O)[C@@H](CO)O[C@@H]1OC[C@@H](O[C@@H]2OC[C@@H](O[C@@H]3OC[C@@H](O)[C@H](O)[C@H]3O)[C@H](O)[C@H]2O)[C@H](O)[C@H]1O. The molecule has 0 aromatic heterocycles. The maximum atomic E-state index is 10.8. The van der Waals surface area contributed by atoms with Crippen LogP contribution >= 0.6 is 0 Å². The molecule has 18 nitrogen and oxygen atoms in total. The van der Waals surface area contributed by atoms with E-state index in [0.717, 1.165) is 0 Å². The van der Waals surface area contributed by atoms with Crippen molar-refractivity contribution in [3.8, 4) is 0 Å².